The van der Waals surface area contributed by atoms with Crippen LogP contribution in [0.2, 0.25) is 0 Å². The van der Waals surface area contributed by atoms with Crippen molar-refractivity contribution in [1.82, 2.24) is 10.5 Å². The Kier molecular flexibility index (Phi) is 5.43. The maximum atomic E-state index is 12.3. The van der Waals surface area contributed by atoms with Gasteiger partial charge in [-0.15, -0.1) is 11.3 Å². The zero-order chi connectivity index (χ0) is 16.8. The van der Waals surface area contributed by atoms with Crippen LogP contribution in [0.4, 0.5) is 0 Å². The van der Waals surface area contributed by atoms with E-state index in [0.29, 0.717) is 23.9 Å². The van der Waals surface area contributed by atoms with Crippen LogP contribution in [0.15, 0.2) is 58.4 Å². The Morgan fingerprint density at radius 3 is 2.79 bits per heavy atom. The van der Waals surface area contributed by atoms with Crippen LogP contribution in [0.25, 0.3) is 10.6 Å². The summed E-state index contributed by atoms with van der Waals surface area (Å²) in [7, 11) is 0. The average Bonchev–Trinajstić information content (AvgIpc) is 3.30. The van der Waals surface area contributed by atoms with Gasteiger partial charge in [0, 0.05) is 18.5 Å². The third-order valence-corrected chi connectivity index (χ3v) is 4.81. The number of aromatic nitrogens is 1. The van der Waals surface area contributed by atoms with E-state index in [1.54, 1.807) is 17.4 Å². The highest BCUT2D eigenvalue weighted by Gasteiger charge is 2.16. The topological polar surface area (TPSA) is 55.1 Å². The molecule has 0 fully saturated rings. The van der Waals surface area contributed by atoms with Gasteiger partial charge in [0.25, 0.3) is 5.91 Å². The molecule has 0 unspecified atom stereocenters. The fraction of sp³-hybridized carbons (Fsp3) is 0.263. The van der Waals surface area contributed by atoms with Crippen molar-refractivity contribution in [3.8, 4) is 10.6 Å². The Balaban J connectivity index is 1.64. The predicted molar refractivity (Wildman–Crippen MR) is 96.2 cm³/mol. The third kappa shape index (κ3) is 3.92. The number of rotatable bonds is 7. The molecule has 0 aliphatic carbocycles. The highest BCUT2D eigenvalue weighted by Crippen LogP contribution is 2.25. The van der Waals surface area contributed by atoms with Gasteiger partial charge >= 0.3 is 0 Å². The van der Waals surface area contributed by atoms with Crippen molar-refractivity contribution in [2.75, 3.05) is 6.54 Å². The van der Waals surface area contributed by atoms with E-state index in [1.807, 2.05) is 35.7 Å². The summed E-state index contributed by atoms with van der Waals surface area (Å²) in [6, 6.07) is 15.9. The molecule has 124 valence electrons. The largest absolute Gasteiger partial charge is 0.355 e. The molecule has 0 spiro atoms. The molecule has 0 saturated carbocycles. The van der Waals surface area contributed by atoms with Crippen molar-refractivity contribution in [3.05, 3.63) is 65.2 Å². The molecule has 1 atom stereocenters. The number of hydrogen-bond acceptors (Lipinski definition) is 4. The standard InChI is InChI=1S/C19H20N2O2S/c1-2-7-15(14-8-4-3-5-9-14)13-20-19(22)16-12-17(23-21-16)18-10-6-11-24-18/h3-6,8-12,15H,2,7,13H2,1H3,(H,20,22)/t15-/m0/s1. The molecule has 1 N–H and O–H groups in total. The number of thiophene rings is 1. The minimum absolute atomic E-state index is 0.196. The van der Waals surface area contributed by atoms with Crippen molar-refractivity contribution in [2.24, 2.45) is 0 Å². The van der Waals surface area contributed by atoms with Crippen LogP contribution >= 0.6 is 11.3 Å². The molecule has 3 aromatic rings. The third-order valence-electron chi connectivity index (χ3n) is 3.92. The first-order valence-corrected chi connectivity index (χ1v) is 8.99. The Morgan fingerprint density at radius 1 is 1.25 bits per heavy atom. The summed E-state index contributed by atoms with van der Waals surface area (Å²) in [4.78, 5) is 13.3. The van der Waals surface area contributed by atoms with Crippen LogP contribution in [0, 0.1) is 0 Å². The van der Waals surface area contributed by atoms with E-state index in [4.69, 9.17) is 4.52 Å². The molecule has 1 amide bonds. The molecule has 3 rings (SSSR count). The lowest BCUT2D eigenvalue weighted by Gasteiger charge is -2.17. The Hall–Kier alpha value is -2.40. The summed E-state index contributed by atoms with van der Waals surface area (Å²) < 4.78 is 5.27. The SMILES string of the molecule is CCC[C@@H](CNC(=O)c1cc(-c2cccs2)on1)c1ccccc1. The second kappa shape index (κ2) is 7.93. The number of amides is 1. The second-order valence-electron chi connectivity index (χ2n) is 5.66. The number of carbonyl (C=O) groups excluding carboxylic acids is 1. The van der Waals surface area contributed by atoms with Crippen LogP contribution in [0.5, 0.6) is 0 Å². The summed E-state index contributed by atoms with van der Waals surface area (Å²) in [5.74, 6) is 0.741. The molecule has 2 heterocycles. The molecule has 0 aliphatic heterocycles. The maximum absolute atomic E-state index is 12.3. The van der Waals surface area contributed by atoms with E-state index in [0.717, 1.165) is 17.7 Å². The quantitative estimate of drug-likeness (QED) is 0.677. The molecule has 0 radical (unpaired) electrons. The molecule has 5 heteroatoms. The predicted octanol–water partition coefficient (Wildman–Crippen LogP) is 4.72. The van der Waals surface area contributed by atoms with E-state index in [1.165, 1.54) is 5.56 Å². The Morgan fingerprint density at radius 2 is 2.08 bits per heavy atom. The smallest absolute Gasteiger partial charge is 0.273 e. The number of benzene rings is 1. The van der Waals surface area contributed by atoms with Crippen LogP contribution in [0.1, 0.15) is 41.7 Å². The van der Waals surface area contributed by atoms with E-state index in [-0.39, 0.29) is 5.91 Å². The van der Waals surface area contributed by atoms with Gasteiger partial charge in [0.05, 0.1) is 4.88 Å². The van der Waals surface area contributed by atoms with Crippen LogP contribution in [-0.2, 0) is 0 Å². The first-order chi connectivity index (χ1) is 11.8. The highest BCUT2D eigenvalue weighted by molar-refractivity contribution is 7.13. The lowest BCUT2D eigenvalue weighted by Crippen LogP contribution is -2.28. The molecule has 0 bridgehead atoms. The zero-order valence-corrected chi connectivity index (χ0v) is 14.4. The first kappa shape index (κ1) is 16.5. The van der Waals surface area contributed by atoms with E-state index < -0.39 is 0 Å². The van der Waals surface area contributed by atoms with E-state index in [9.17, 15) is 4.79 Å². The monoisotopic (exact) mass is 340 g/mol. The summed E-state index contributed by atoms with van der Waals surface area (Å²) in [6.45, 7) is 2.75. The molecule has 4 nitrogen and oxygen atoms in total. The van der Waals surface area contributed by atoms with E-state index in [2.05, 4.69) is 29.5 Å². The van der Waals surface area contributed by atoms with Gasteiger partial charge in [-0.3, -0.25) is 4.79 Å². The first-order valence-electron chi connectivity index (χ1n) is 8.11. The molecule has 2 aromatic heterocycles. The maximum Gasteiger partial charge on any atom is 0.273 e. The van der Waals surface area contributed by atoms with Crippen molar-refractivity contribution in [1.29, 1.82) is 0 Å². The summed E-state index contributed by atoms with van der Waals surface area (Å²) in [5, 5.41) is 8.84. The van der Waals surface area contributed by atoms with E-state index >= 15 is 0 Å². The Bertz CT molecular complexity index is 766. The zero-order valence-electron chi connectivity index (χ0n) is 13.6. The van der Waals surface area contributed by atoms with Gasteiger partial charge in [0.2, 0.25) is 0 Å². The molecule has 0 saturated heterocycles. The van der Waals surface area contributed by atoms with Crippen LogP contribution in [0.3, 0.4) is 0 Å². The van der Waals surface area contributed by atoms with Gasteiger partial charge in [0.1, 0.15) is 0 Å². The lowest BCUT2D eigenvalue weighted by molar-refractivity contribution is 0.0941. The van der Waals surface area contributed by atoms with Crippen molar-refractivity contribution in [3.63, 3.8) is 0 Å². The summed E-state index contributed by atoms with van der Waals surface area (Å²) in [5.41, 5.74) is 1.57. The van der Waals surface area contributed by atoms with Crippen molar-refractivity contribution >= 4 is 17.2 Å². The molecular weight excluding hydrogens is 320 g/mol. The fourth-order valence-electron chi connectivity index (χ4n) is 2.68. The van der Waals surface area contributed by atoms with Gasteiger partial charge in [0.15, 0.2) is 11.5 Å². The summed E-state index contributed by atoms with van der Waals surface area (Å²) >= 11 is 1.56. The van der Waals surface area contributed by atoms with Gasteiger partial charge in [-0.1, -0.05) is 54.9 Å². The number of nitrogens with zero attached hydrogens (tertiary/aromatic N) is 1. The highest BCUT2D eigenvalue weighted by atomic mass is 32.1. The number of hydrogen-bond donors (Lipinski definition) is 1. The fourth-order valence-corrected chi connectivity index (χ4v) is 3.36. The lowest BCUT2D eigenvalue weighted by atomic mass is 9.94. The molecule has 1 aromatic carbocycles. The van der Waals surface area contributed by atoms with Crippen LogP contribution in [-0.4, -0.2) is 17.6 Å². The average molecular weight is 340 g/mol. The van der Waals surface area contributed by atoms with Gasteiger partial charge in [-0.2, -0.15) is 0 Å². The van der Waals surface area contributed by atoms with Gasteiger partial charge < -0.3 is 9.84 Å². The van der Waals surface area contributed by atoms with Gasteiger partial charge in [-0.05, 0) is 23.4 Å². The summed E-state index contributed by atoms with van der Waals surface area (Å²) in [6.07, 6.45) is 2.10. The van der Waals surface area contributed by atoms with Crippen molar-refractivity contribution < 1.29 is 9.32 Å². The van der Waals surface area contributed by atoms with Crippen molar-refractivity contribution in [2.45, 2.75) is 25.7 Å². The van der Waals surface area contributed by atoms with Crippen LogP contribution < -0.4 is 5.32 Å². The minimum atomic E-state index is -0.196. The Labute approximate surface area is 145 Å². The number of nitrogens with one attached hydrogen (secondary N) is 1. The normalized spacial score (nSPS) is 12.0. The molecule has 0 aliphatic rings. The number of carbonyl (C=O) groups is 1. The second-order valence-corrected chi connectivity index (χ2v) is 6.61. The molecular formula is C19H20N2O2S. The van der Waals surface area contributed by atoms with Gasteiger partial charge in [-0.25, -0.2) is 0 Å². The molecule has 24 heavy (non-hydrogen) atoms. The minimum Gasteiger partial charge on any atom is -0.355 e.